The van der Waals surface area contributed by atoms with Crippen molar-refractivity contribution in [3.8, 4) is 6.07 Å². The van der Waals surface area contributed by atoms with E-state index in [1.807, 2.05) is 12.1 Å². The molecule has 2 aliphatic rings. The topological polar surface area (TPSA) is 62.1 Å². The van der Waals surface area contributed by atoms with Gasteiger partial charge in [0.1, 0.15) is 6.04 Å². The van der Waals surface area contributed by atoms with Crippen molar-refractivity contribution >= 4 is 21.9 Å². The van der Waals surface area contributed by atoms with Gasteiger partial charge in [-0.25, -0.2) is 0 Å². The van der Waals surface area contributed by atoms with Crippen LogP contribution in [0.3, 0.4) is 0 Å². The number of carbonyl (C=O) groups is 1. The summed E-state index contributed by atoms with van der Waals surface area (Å²) < 4.78 is 6.06. The lowest BCUT2D eigenvalue weighted by Crippen LogP contribution is -2.33. The van der Waals surface area contributed by atoms with Crippen LogP contribution in [0.1, 0.15) is 30.5 Å². The van der Waals surface area contributed by atoms with Crippen molar-refractivity contribution in [1.82, 2.24) is 5.32 Å². The summed E-state index contributed by atoms with van der Waals surface area (Å²) in [6.07, 6.45) is 1.21. The quantitative estimate of drug-likeness (QED) is 0.844. The van der Waals surface area contributed by atoms with Crippen molar-refractivity contribution in [3.05, 3.63) is 33.8 Å². The summed E-state index contributed by atoms with van der Waals surface area (Å²) in [5.74, 6) is -0.256. The molecule has 0 unspecified atom stereocenters. The predicted molar refractivity (Wildman–Crippen MR) is 76.8 cm³/mol. The van der Waals surface area contributed by atoms with Crippen LogP contribution < -0.4 is 5.32 Å². The second-order valence-corrected chi connectivity index (χ2v) is 6.31. The Kier molecular flexibility index (Phi) is 3.31. The van der Waals surface area contributed by atoms with Crippen molar-refractivity contribution in [2.75, 3.05) is 6.61 Å². The number of nitriles is 1. The highest BCUT2D eigenvalue weighted by atomic mass is 79.9. The highest BCUT2D eigenvalue weighted by molar-refractivity contribution is 9.10. The van der Waals surface area contributed by atoms with Crippen LogP contribution >= 0.6 is 15.9 Å². The average molecular weight is 335 g/mol. The third-order valence-electron chi connectivity index (χ3n) is 4.21. The lowest BCUT2D eigenvalue weighted by molar-refractivity contribution is -0.145. The molecule has 1 heterocycles. The van der Waals surface area contributed by atoms with E-state index in [-0.39, 0.29) is 18.1 Å². The maximum atomic E-state index is 11.9. The number of hydrogen-bond acceptors (Lipinski definition) is 4. The number of esters is 1. The number of hydrogen-bond donors (Lipinski definition) is 1. The van der Waals surface area contributed by atoms with Crippen LogP contribution in [0.25, 0.3) is 0 Å². The summed E-state index contributed by atoms with van der Waals surface area (Å²) in [5.41, 5.74) is 1.78. The summed E-state index contributed by atoms with van der Waals surface area (Å²) in [6, 6.07) is 8.06. The fourth-order valence-electron chi connectivity index (χ4n) is 3.34. The molecule has 1 aromatic carbocycles. The fourth-order valence-corrected chi connectivity index (χ4v) is 3.72. The first-order valence-corrected chi connectivity index (χ1v) is 7.51. The molecule has 0 radical (unpaired) electrons. The van der Waals surface area contributed by atoms with Crippen LogP contribution in [0.2, 0.25) is 0 Å². The molecule has 5 heteroatoms. The van der Waals surface area contributed by atoms with Gasteiger partial charge in [-0.15, -0.1) is 0 Å². The van der Waals surface area contributed by atoms with Crippen LogP contribution in [0, 0.1) is 16.7 Å². The van der Waals surface area contributed by atoms with Crippen LogP contribution in [-0.4, -0.2) is 18.6 Å². The molecule has 0 saturated carbocycles. The number of rotatable bonds is 2. The number of nitrogens with one attached hydrogen (secondary N) is 1. The monoisotopic (exact) mass is 334 g/mol. The van der Waals surface area contributed by atoms with Crippen LogP contribution in [0.4, 0.5) is 0 Å². The van der Waals surface area contributed by atoms with E-state index in [2.05, 4.69) is 33.4 Å². The van der Waals surface area contributed by atoms with E-state index in [9.17, 15) is 10.1 Å². The minimum Gasteiger partial charge on any atom is -0.465 e. The normalized spacial score (nSPS) is 30.4. The van der Waals surface area contributed by atoms with Gasteiger partial charge >= 0.3 is 5.97 Å². The third kappa shape index (κ3) is 1.95. The van der Waals surface area contributed by atoms with Crippen molar-refractivity contribution in [3.63, 3.8) is 0 Å². The molecule has 1 aliphatic heterocycles. The molecule has 3 atom stereocenters. The third-order valence-corrected chi connectivity index (χ3v) is 4.70. The molecular formula is C15H15BrN2O2. The Morgan fingerprint density at radius 2 is 2.45 bits per heavy atom. The van der Waals surface area contributed by atoms with Gasteiger partial charge in [0.15, 0.2) is 0 Å². The highest BCUT2D eigenvalue weighted by Crippen LogP contribution is 2.52. The average Bonchev–Trinajstić information content (AvgIpc) is 2.93. The van der Waals surface area contributed by atoms with Crippen molar-refractivity contribution < 1.29 is 9.53 Å². The molecule has 1 aromatic rings. The van der Waals surface area contributed by atoms with Gasteiger partial charge in [-0.1, -0.05) is 22.0 Å². The number of benzene rings is 1. The minimum atomic E-state index is -0.527. The zero-order valence-corrected chi connectivity index (χ0v) is 12.7. The molecule has 1 saturated heterocycles. The van der Waals surface area contributed by atoms with Gasteiger partial charge in [0.25, 0.3) is 0 Å². The van der Waals surface area contributed by atoms with Gasteiger partial charge in [-0.3, -0.25) is 10.1 Å². The van der Waals surface area contributed by atoms with Crippen LogP contribution in [0.15, 0.2) is 22.7 Å². The lowest BCUT2D eigenvalue weighted by Gasteiger charge is -2.19. The van der Waals surface area contributed by atoms with E-state index in [0.717, 1.165) is 10.0 Å². The van der Waals surface area contributed by atoms with E-state index in [0.29, 0.717) is 19.4 Å². The first-order chi connectivity index (χ1) is 9.59. The number of fused-ring (bicyclic) bond motifs is 3. The molecule has 0 amide bonds. The summed E-state index contributed by atoms with van der Waals surface area (Å²) in [5, 5.41) is 12.9. The maximum Gasteiger partial charge on any atom is 0.323 e. The Morgan fingerprint density at radius 1 is 1.65 bits per heavy atom. The van der Waals surface area contributed by atoms with Gasteiger partial charge in [-0.2, -0.15) is 5.26 Å². The maximum absolute atomic E-state index is 11.9. The molecule has 1 aliphatic carbocycles. The summed E-state index contributed by atoms with van der Waals surface area (Å²) >= 11 is 3.47. The van der Waals surface area contributed by atoms with Crippen LogP contribution in [-0.2, 0) is 16.0 Å². The number of halogens is 1. The van der Waals surface area contributed by atoms with Gasteiger partial charge < -0.3 is 4.74 Å². The zero-order chi connectivity index (χ0) is 14.3. The van der Waals surface area contributed by atoms with E-state index < -0.39 is 5.41 Å². The number of ether oxygens (including phenoxy) is 1. The Bertz CT molecular complexity index is 610. The van der Waals surface area contributed by atoms with Gasteiger partial charge in [0, 0.05) is 4.47 Å². The van der Waals surface area contributed by atoms with Crippen molar-refractivity contribution in [1.29, 1.82) is 5.26 Å². The molecule has 1 fully saturated rings. The standard InChI is InChI=1S/C15H15BrN2O2/c1-2-20-14(19)12-7-15(8-17)6-9-3-4-10(16)5-11(9)13(15)18-12/h3-5,12-13,18H,2,6-7H2,1H3/t12-,13-,15+/m0/s1. The minimum absolute atomic E-state index is 0.0885. The highest BCUT2D eigenvalue weighted by Gasteiger charge is 2.55. The first-order valence-electron chi connectivity index (χ1n) is 6.72. The molecule has 0 aromatic heterocycles. The molecule has 1 N–H and O–H groups in total. The first kappa shape index (κ1) is 13.6. The molecule has 4 nitrogen and oxygen atoms in total. The van der Waals surface area contributed by atoms with E-state index in [1.165, 1.54) is 5.56 Å². The Balaban J connectivity index is 1.94. The van der Waals surface area contributed by atoms with Crippen molar-refractivity contribution in [2.45, 2.75) is 31.8 Å². The Morgan fingerprint density at radius 3 is 3.15 bits per heavy atom. The predicted octanol–water partition coefficient (Wildman–Crippen LogP) is 2.48. The lowest BCUT2D eigenvalue weighted by atomic mass is 9.81. The summed E-state index contributed by atoms with van der Waals surface area (Å²) in [6.45, 7) is 2.16. The largest absolute Gasteiger partial charge is 0.465 e. The fraction of sp³-hybridized carbons (Fsp3) is 0.467. The van der Waals surface area contributed by atoms with Gasteiger partial charge in [0.2, 0.25) is 0 Å². The second-order valence-electron chi connectivity index (χ2n) is 5.40. The molecule has 20 heavy (non-hydrogen) atoms. The Labute approximate surface area is 126 Å². The van der Waals surface area contributed by atoms with Gasteiger partial charge in [0.05, 0.1) is 24.1 Å². The summed E-state index contributed by atoms with van der Waals surface area (Å²) in [7, 11) is 0. The second kappa shape index (κ2) is 4.87. The van der Waals surface area contributed by atoms with Crippen LogP contribution in [0.5, 0.6) is 0 Å². The smallest absolute Gasteiger partial charge is 0.323 e. The Hall–Kier alpha value is -1.38. The SMILES string of the molecule is CCOC(=O)[C@@H]1C[C@@]2(C#N)Cc3ccc(Br)cc3[C@@H]2N1. The van der Waals surface area contributed by atoms with Gasteiger partial charge in [-0.05, 0) is 43.0 Å². The molecule has 104 valence electrons. The molecule has 0 spiro atoms. The number of nitrogens with zero attached hydrogens (tertiary/aromatic N) is 1. The molecule has 0 bridgehead atoms. The molecular weight excluding hydrogens is 320 g/mol. The molecule has 3 rings (SSSR count). The summed E-state index contributed by atoms with van der Waals surface area (Å²) in [4.78, 5) is 11.9. The zero-order valence-electron chi connectivity index (χ0n) is 11.1. The number of carbonyl (C=O) groups excluding carboxylic acids is 1. The van der Waals surface area contributed by atoms with E-state index in [1.54, 1.807) is 6.92 Å². The van der Waals surface area contributed by atoms with E-state index in [4.69, 9.17) is 4.74 Å². The van der Waals surface area contributed by atoms with Crippen molar-refractivity contribution in [2.24, 2.45) is 5.41 Å². The van der Waals surface area contributed by atoms with E-state index >= 15 is 0 Å².